The smallest absolute Gasteiger partial charge is 0.134 e. The fraction of sp³-hybridized carbons (Fsp3) is 0.692. The fourth-order valence-corrected chi connectivity index (χ4v) is 1.68. The zero-order valence-electron chi connectivity index (χ0n) is 11.5. The summed E-state index contributed by atoms with van der Waals surface area (Å²) >= 11 is 0. The van der Waals surface area contributed by atoms with Crippen LogP contribution >= 0.6 is 0 Å². The maximum Gasteiger partial charge on any atom is 0.134 e. The van der Waals surface area contributed by atoms with E-state index in [1.807, 2.05) is 13.8 Å². The van der Waals surface area contributed by atoms with Gasteiger partial charge in [0.05, 0.1) is 0 Å². The average molecular weight is 236 g/mol. The molecular weight excluding hydrogens is 212 g/mol. The van der Waals surface area contributed by atoms with E-state index in [1.54, 1.807) is 0 Å². The highest BCUT2D eigenvalue weighted by Crippen LogP contribution is 2.19. The lowest BCUT2D eigenvalue weighted by Crippen LogP contribution is -2.18. The number of anilines is 2. The molecule has 4 heteroatoms. The van der Waals surface area contributed by atoms with Crippen LogP contribution in [0.25, 0.3) is 0 Å². The van der Waals surface area contributed by atoms with Crippen LogP contribution in [0.1, 0.15) is 45.0 Å². The minimum atomic E-state index is 0.407. The number of nitrogens with two attached hydrogens (primary N) is 1. The monoisotopic (exact) mass is 236 g/mol. The Kier molecular flexibility index (Phi) is 4.73. The van der Waals surface area contributed by atoms with Crippen molar-refractivity contribution in [3.63, 3.8) is 0 Å². The van der Waals surface area contributed by atoms with Crippen LogP contribution in [0, 0.1) is 19.8 Å². The largest absolute Gasteiger partial charge is 0.383 e. The van der Waals surface area contributed by atoms with E-state index in [0.717, 1.165) is 23.7 Å². The summed E-state index contributed by atoms with van der Waals surface area (Å²) in [6.45, 7) is 10.5. The van der Waals surface area contributed by atoms with Crippen LogP contribution in [-0.2, 0) is 0 Å². The van der Waals surface area contributed by atoms with E-state index in [9.17, 15) is 0 Å². The van der Waals surface area contributed by atoms with Gasteiger partial charge in [-0.2, -0.15) is 0 Å². The van der Waals surface area contributed by atoms with Crippen molar-refractivity contribution in [2.24, 2.45) is 5.92 Å². The average Bonchev–Trinajstić information content (AvgIpc) is 2.22. The molecule has 96 valence electrons. The Morgan fingerprint density at radius 2 is 1.76 bits per heavy atom. The molecule has 1 atom stereocenters. The maximum atomic E-state index is 5.83. The molecule has 3 N–H and O–H groups in total. The Bertz CT molecular complexity index is 374. The van der Waals surface area contributed by atoms with Crippen molar-refractivity contribution in [2.75, 3.05) is 11.1 Å². The molecule has 1 rings (SSSR count). The van der Waals surface area contributed by atoms with Gasteiger partial charge in [-0.05, 0) is 39.5 Å². The highest BCUT2D eigenvalue weighted by atomic mass is 15.1. The Labute approximate surface area is 104 Å². The quantitative estimate of drug-likeness (QED) is 0.825. The number of hydrogen-bond acceptors (Lipinski definition) is 4. The van der Waals surface area contributed by atoms with Crippen LogP contribution < -0.4 is 11.1 Å². The molecule has 0 aromatic carbocycles. The molecule has 0 aliphatic rings. The van der Waals surface area contributed by atoms with Gasteiger partial charge in [0.2, 0.25) is 0 Å². The molecular formula is C13H24N4. The van der Waals surface area contributed by atoms with Gasteiger partial charge in [0.25, 0.3) is 0 Å². The van der Waals surface area contributed by atoms with Crippen LogP contribution in [0.4, 0.5) is 11.6 Å². The van der Waals surface area contributed by atoms with Crippen LogP contribution in [0.15, 0.2) is 0 Å². The normalized spacial score (nSPS) is 12.8. The fourth-order valence-electron chi connectivity index (χ4n) is 1.68. The Morgan fingerprint density at radius 3 is 2.35 bits per heavy atom. The van der Waals surface area contributed by atoms with Crippen molar-refractivity contribution in [3.05, 3.63) is 11.4 Å². The second kappa shape index (κ2) is 5.84. The number of hydrogen-bond donors (Lipinski definition) is 2. The summed E-state index contributed by atoms with van der Waals surface area (Å²) < 4.78 is 0. The van der Waals surface area contributed by atoms with Crippen LogP contribution in [0.2, 0.25) is 0 Å². The standard InChI is InChI=1S/C13H24N4/c1-8(2)6-7-9(3)15-13-10(4)12(14)16-11(5)17-13/h8-9H,6-7H2,1-5H3,(H3,14,15,16,17). The molecule has 0 radical (unpaired) electrons. The summed E-state index contributed by atoms with van der Waals surface area (Å²) in [5.41, 5.74) is 6.77. The van der Waals surface area contributed by atoms with E-state index in [-0.39, 0.29) is 0 Å². The lowest BCUT2D eigenvalue weighted by atomic mass is 10.0. The number of nitrogens with zero attached hydrogens (tertiary/aromatic N) is 2. The topological polar surface area (TPSA) is 63.8 Å². The van der Waals surface area contributed by atoms with Crippen LogP contribution in [0.5, 0.6) is 0 Å². The SMILES string of the molecule is Cc1nc(N)c(C)c(NC(C)CCC(C)C)n1. The highest BCUT2D eigenvalue weighted by Gasteiger charge is 2.10. The first-order valence-corrected chi connectivity index (χ1v) is 6.27. The van der Waals surface area contributed by atoms with Crippen molar-refractivity contribution in [3.8, 4) is 0 Å². The van der Waals surface area contributed by atoms with Gasteiger partial charge in [0, 0.05) is 11.6 Å². The molecule has 4 nitrogen and oxygen atoms in total. The zero-order valence-corrected chi connectivity index (χ0v) is 11.5. The minimum absolute atomic E-state index is 0.407. The predicted octanol–water partition coefficient (Wildman–Crippen LogP) is 2.91. The second-order valence-electron chi connectivity index (χ2n) is 5.15. The molecule has 17 heavy (non-hydrogen) atoms. The Balaban J connectivity index is 2.68. The van der Waals surface area contributed by atoms with Gasteiger partial charge in [0.15, 0.2) is 0 Å². The summed E-state index contributed by atoms with van der Waals surface area (Å²) in [6.07, 6.45) is 2.35. The summed E-state index contributed by atoms with van der Waals surface area (Å²) in [7, 11) is 0. The van der Waals surface area contributed by atoms with Crippen LogP contribution in [-0.4, -0.2) is 16.0 Å². The number of rotatable bonds is 5. The molecule has 0 bridgehead atoms. The number of nitrogen functional groups attached to an aromatic ring is 1. The Hall–Kier alpha value is -1.32. The van der Waals surface area contributed by atoms with Crippen LogP contribution in [0.3, 0.4) is 0 Å². The van der Waals surface area contributed by atoms with Crippen molar-refractivity contribution in [1.29, 1.82) is 0 Å². The molecule has 1 unspecified atom stereocenters. The number of aromatic nitrogens is 2. The first-order chi connectivity index (χ1) is 7.90. The molecule has 0 aliphatic heterocycles. The summed E-state index contributed by atoms with van der Waals surface area (Å²) in [4.78, 5) is 8.54. The Morgan fingerprint density at radius 1 is 1.12 bits per heavy atom. The third-order valence-electron chi connectivity index (χ3n) is 2.86. The maximum absolute atomic E-state index is 5.83. The molecule has 1 heterocycles. The molecule has 0 aliphatic carbocycles. The molecule has 0 spiro atoms. The third-order valence-corrected chi connectivity index (χ3v) is 2.86. The van der Waals surface area contributed by atoms with Gasteiger partial charge in [-0.25, -0.2) is 9.97 Å². The lowest BCUT2D eigenvalue weighted by molar-refractivity contribution is 0.527. The lowest BCUT2D eigenvalue weighted by Gasteiger charge is -2.17. The van der Waals surface area contributed by atoms with Gasteiger partial charge in [-0.15, -0.1) is 0 Å². The summed E-state index contributed by atoms with van der Waals surface area (Å²) in [5, 5.41) is 3.42. The molecule has 0 saturated carbocycles. The third kappa shape index (κ3) is 4.21. The van der Waals surface area contributed by atoms with Crippen molar-refractivity contribution >= 4 is 11.6 Å². The number of aryl methyl sites for hydroxylation is 1. The first-order valence-electron chi connectivity index (χ1n) is 6.27. The van der Waals surface area contributed by atoms with E-state index in [0.29, 0.717) is 17.7 Å². The van der Waals surface area contributed by atoms with Gasteiger partial charge < -0.3 is 11.1 Å². The molecule has 1 aromatic rings. The van der Waals surface area contributed by atoms with E-state index in [1.165, 1.54) is 6.42 Å². The van der Waals surface area contributed by atoms with E-state index < -0.39 is 0 Å². The minimum Gasteiger partial charge on any atom is -0.383 e. The van der Waals surface area contributed by atoms with Crippen molar-refractivity contribution in [1.82, 2.24) is 9.97 Å². The van der Waals surface area contributed by atoms with Gasteiger partial charge >= 0.3 is 0 Å². The second-order valence-corrected chi connectivity index (χ2v) is 5.15. The predicted molar refractivity (Wildman–Crippen MR) is 73.1 cm³/mol. The molecule has 0 amide bonds. The van der Waals surface area contributed by atoms with E-state index >= 15 is 0 Å². The van der Waals surface area contributed by atoms with Gasteiger partial charge in [-0.1, -0.05) is 13.8 Å². The molecule has 0 saturated heterocycles. The zero-order chi connectivity index (χ0) is 13.0. The van der Waals surface area contributed by atoms with Gasteiger partial charge in [0.1, 0.15) is 17.5 Å². The van der Waals surface area contributed by atoms with Gasteiger partial charge in [-0.3, -0.25) is 0 Å². The molecule has 1 aromatic heterocycles. The summed E-state index contributed by atoms with van der Waals surface area (Å²) in [5.74, 6) is 2.88. The van der Waals surface area contributed by atoms with Crippen molar-refractivity contribution < 1.29 is 0 Å². The molecule has 0 fully saturated rings. The first kappa shape index (κ1) is 13.7. The number of nitrogens with one attached hydrogen (secondary N) is 1. The van der Waals surface area contributed by atoms with E-state index in [2.05, 4.69) is 36.1 Å². The van der Waals surface area contributed by atoms with E-state index in [4.69, 9.17) is 5.73 Å². The summed E-state index contributed by atoms with van der Waals surface area (Å²) in [6, 6.07) is 0.407. The van der Waals surface area contributed by atoms with Crippen molar-refractivity contribution in [2.45, 2.75) is 53.5 Å². The highest BCUT2D eigenvalue weighted by molar-refractivity contribution is 5.55.